The molecule has 0 aliphatic carbocycles. The number of aromatic nitrogens is 1. The standard InChI is InChI=1S/C24H19FN4O3/c25-17-9-7-16(8-10-17)21-14-28-23(32-21)20-4-2-1-3-19(20)22(30)27-13-15-5-11-18(12-6-15)29-24(26)31/h1-12,14H,13H2,(H,27,30)(H3,26,29,31). The lowest BCUT2D eigenvalue weighted by molar-refractivity contribution is 0.0951. The zero-order valence-electron chi connectivity index (χ0n) is 16.8. The Morgan fingerprint density at radius 2 is 1.69 bits per heavy atom. The molecule has 8 heteroatoms. The number of hydrogen-bond donors (Lipinski definition) is 3. The first-order valence-electron chi connectivity index (χ1n) is 9.74. The van der Waals surface area contributed by atoms with E-state index in [-0.39, 0.29) is 24.2 Å². The van der Waals surface area contributed by atoms with Gasteiger partial charge in [-0.2, -0.15) is 0 Å². The average Bonchev–Trinajstić information content (AvgIpc) is 3.29. The Balaban J connectivity index is 1.49. The Bertz CT molecular complexity index is 1250. The van der Waals surface area contributed by atoms with Gasteiger partial charge < -0.3 is 20.8 Å². The van der Waals surface area contributed by atoms with Gasteiger partial charge in [-0.15, -0.1) is 0 Å². The van der Waals surface area contributed by atoms with Crippen molar-refractivity contribution in [2.45, 2.75) is 6.54 Å². The summed E-state index contributed by atoms with van der Waals surface area (Å²) in [5.74, 6) is 0.132. The zero-order valence-corrected chi connectivity index (χ0v) is 16.8. The molecule has 4 N–H and O–H groups in total. The Kier molecular flexibility index (Phi) is 5.94. The first kappa shape index (κ1) is 20.8. The van der Waals surface area contributed by atoms with Gasteiger partial charge in [0.2, 0.25) is 5.89 Å². The van der Waals surface area contributed by atoms with Crippen molar-refractivity contribution in [2.75, 3.05) is 5.32 Å². The number of nitrogens with two attached hydrogens (primary N) is 1. The third kappa shape index (κ3) is 4.81. The van der Waals surface area contributed by atoms with Gasteiger partial charge in [-0.25, -0.2) is 14.2 Å². The Morgan fingerprint density at radius 3 is 2.41 bits per heavy atom. The van der Waals surface area contributed by atoms with E-state index in [0.29, 0.717) is 28.1 Å². The molecule has 4 aromatic rings. The molecule has 32 heavy (non-hydrogen) atoms. The van der Waals surface area contributed by atoms with E-state index in [0.717, 1.165) is 5.56 Å². The molecule has 3 aromatic carbocycles. The van der Waals surface area contributed by atoms with Crippen molar-refractivity contribution < 1.29 is 18.4 Å². The van der Waals surface area contributed by atoms with Crippen molar-refractivity contribution in [3.8, 4) is 22.8 Å². The van der Waals surface area contributed by atoms with Crippen LogP contribution in [0, 0.1) is 5.82 Å². The highest BCUT2D eigenvalue weighted by Gasteiger charge is 2.17. The molecule has 0 radical (unpaired) electrons. The zero-order chi connectivity index (χ0) is 22.5. The number of urea groups is 1. The van der Waals surface area contributed by atoms with E-state index in [1.807, 2.05) is 0 Å². The Labute approximate surface area is 183 Å². The number of primary amides is 1. The molecule has 160 valence electrons. The van der Waals surface area contributed by atoms with Gasteiger partial charge in [0.05, 0.1) is 11.8 Å². The smallest absolute Gasteiger partial charge is 0.316 e. The summed E-state index contributed by atoms with van der Waals surface area (Å²) in [5.41, 5.74) is 8.14. The molecule has 0 saturated carbocycles. The molecule has 0 unspecified atom stereocenters. The minimum absolute atomic E-state index is 0.288. The fraction of sp³-hybridized carbons (Fsp3) is 0.0417. The van der Waals surface area contributed by atoms with Crippen LogP contribution in [0.25, 0.3) is 22.8 Å². The first-order chi connectivity index (χ1) is 15.5. The first-order valence-corrected chi connectivity index (χ1v) is 9.74. The third-order valence-corrected chi connectivity index (χ3v) is 4.71. The molecule has 0 spiro atoms. The van der Waals surface area contributed by atoms with E-state index in [9.17, 15) is 14.0 Å². The second-order valence-electron chi connectivity index (χ2n) is 6.95. The number of carbonyl (C=O) groups is 2. The predicted octanol–water partition coefficient (Wildman–Crippen LogP) is 4.57. The van der Waals surface area contributed by atoms with E-state index in [2.05, 4.69) is 15.6 Å². The van der Waals surface area contributed by atoms with Gasteiger partial charge in [-0.1, -0.05) is 24.3 Å². The molecule has 4 rings (SSSR count). The maximum atomic E-state index is 13.2. The van der Waals surface area contributed by atoms with E-state index in [1.54, 1.807) is 66.9 Å². The second kappa shape index (κ2) is 9.13. The number of benzene rings is 3. The third-order valence-electron chi connectivity index (χ3n) is 4.71. The van der Waals surface area contributed by atoms with Gasteiger partial charge in [0.25, 0.3) is 5.91 Å². The average molecular weight is 430 g/mol. The van der Waals surface area contributed by atoms with Gasteiger partial charge in [0.15, 0.2) is 5.76 Å². The Hall–Kier alpha value is -4.46. The fourth-order valence-corrected chi connectivity index (χ4v) is 3.14. The lowest BCUT2D eigenvalue weighted by Crippen LogP contribution is -2.23. The highest BCUT2D eigenvalue weighted by molar-refractivity contribution is 6.00. The molecule has 0 atom stereocenters. The quantitative estimate of drug-likeness (QED) is 0.416. The van der Waals surface area contributed by atoms with Crippen molar-refractivity contribution in [1.82, 2.24) is 10.3 Å². The lowest BCUT2D eigenvalue weighted by Gasteiger charge is -2.09. The van der Waals surface area contributed by atoms with Crippen LogP contribution < -0.4 is 16.4 Å². The SMILES string of the molecule is NC(=O)Nc1ccc(CNC(=O)c2ccccc2-c2ncc(-c3ccc(F)cc3)o2)cc1. The minimum Gasteiger partial charge on any atom is -0.436 e. The number of halogens is 1. The molecule has 1 heterocycles. The summed E-state index contributed by atoms with van der Waals surface area (Å²) in [6, 6.07) is 19.2. The van der Waals surface area contributed by atoms with Crippen molar-refractivity contribution in [1.29, 1.82) is 0 Å². The summed E-state index contributed by atoms with van der Waals surface area (Å²) in [7, 11) is 0. The predicted molar refractivity (Wildman–Crippen MR) is 118 cm³/mol. The molecular formula is C24H19FN4O3. The van der Waals surface area contributed by atoms with Crippen molar-refractivity contribution in [3.63, 3.8) is 0 Å². The molecule has 7 nitrogen and oxygen atoms in total. The van der Waals surface area contributed by atoms with Gasteiger partial charge in [-0.3, -0.25) is 4.79 Å². The molecular weight excluding hydrogens is 411 g/mol. The lowest BCUT2D eigenvalue weighted by atomic mass is 10.1. The van der Waals surface area contributed by atoms with Crippen LogP contribution in [0.4, 0.5) is 14.9 Å². The highest BCUT2D eigenvalue weighted by Crippen LogP contribution is 2.28. The molecule has 0 aliphatic rings. The van der Waals surface area contributed by atoms with Crippen molar-refractivity contribution in [2.24, 2.45) is 5.73 Å². The number of oxazole rings is 1. The van der Waals surface area contributed by atoms with E-state index in [4.69, 9.17) is 10.2 Å². The van der Waals surface area contributed by atoms with Crippen LogP contribution in [-0.4, -0.2) is 16.9 Å². The highest BCUT2D eigenvalue weighted by atomic mass is 19.1. The maximum absolute atomic E-state index is 13.2. The number of nitrogens with one attached hydrogen (secondary N) is 2. The Morgan fingerprint density at radius 1 is 0.969 bits per heavy atom. The van der Waals surface area contributed by atoms with E-state index < -0.39 is 6.03 Å². The number of carbonyl (C=O) groups excluding carboxylic acids is 2. The molecule has 3 amide bonds. The van der Waals surface area contributed by atoms with Crippen LogP contribution >= 0.6 is 0 Å². The van der Waals surface area contributed by atoms with E-state index in [1.165, 1.54) is 12.1 Å². The fourth-order valence-electron chi connectivity index (χ4n) is 3.14. The van der Waals surface area contributed by atoms with Crippen LogP contribution in [0.1, 0.15) is 15.9 Å². The number of hydrogen-bond acceptors (Lipinski definition) is 4. The summed E-state index contributed by atoms with van der Waals surface area (Å²) >= 11 is 0. The maximum Gasteiger partial charge on any atom is 0.316 e. The minimum atomic E-state index is -0.642. The molecule has 0 fully saturated rings. The number of nitrogens with zero attached hydrogens (tertiary/aromatic N) is 1. The second-order valence-corrected chi connectivity index (χ2v) is 6.95. The van der Waals surface area contributed by atoms with E-state index >= 15 is 0 Å². The molecule has 1 aromatic heterocycles. The summed E-state index contributed by atoms with van der Waals surface area (Å²) in [6.07, 6.45) is 1.54. The van der Waals surface area contributed by atoms with Gasteiger partial charge >= 0.3 is 6.03 Å². The number of amides is 3. The number of rotatable bonds is 6. The monoisotopic (exact) mass is 430 g/mol. The summed E-state index contributed by atoms with van der Waals surface area (Å²) in [5, 5.41) is 5.35. The normalized spacial score (nSPS) is 10.5. The molecule has 0 bridgehead atoms. The van der Waals surface area contributed by atoms with Gasteiger partial charge in [0.1, 0.15) is 5.82 Å². The van der Waals surface area contributed by atoms with Crippen LogP contribution in [-0.2, 0) is 6.54 Å². The summed E-state index contributed by atoms with van der Waals surface area (Å²) in [4.78, 5) is 28.0. The van der Waals surface area contributed by atoms with Crippen LogP contribution in [0.15, 0.2) is 83.4 Å². The van der Waals surface area contributed by atoms with Crippen LogP contribution in [0.2, 0.25) is 0 Å². The van der Waals surface area contributed by atoms with Crippen LogP contribution in [0.5, 0.6) is 0 Å². The van der Waals surface area contributed by atoms with Gasteiger partial charge in [0, 0.05) is 23.4 Å². The van der Waals surface area contributed by atoms with Crippen molar-refractivity contribution in [3.05, 3.63) is 95.9 Å². The molecule has 0 saturated heterocycles. The summed E-state index contributed by atoms with van der Waals surface area (Å²) in [6.45, 7) is 0.288. The molecule has 0 aliphatic heterocycles. The number of anilines is 1. The summed E-state index contributed by atoms with van der Waals surface area (Å²) < 4.78 is 19.0. The topological polar surface area (TPSA) is 110 Å². The van der Waals surface area contributed by atoms with Crippen molar-refractivity contribution >= 4 is 17.6 Å². The van der Waals surface area contributed by atoms with Gasteiger partial charge in [-0.05, 0) is 54.1 Å². The van der Waals surface area contributed by atoms with Crippen LogP contribution in [0.3, 0.4) is 0 Å². The largest absolute Gasteiger partial charge is 0.436 e.